The van der Waals surface area contributed by atoms with Gasteiger partial charge in [-0.1, -0.05) is 0 Å². The molecule has 1 aliphatic heterocycles. The first kappa shape index (κ1) is 8.53. The third-order valence-corrected chi connectivity index (χ3v) is 2.31. The largest absolute Gasteiger partial charge is 0.336 e. The van der Waals surface area contributed by atoms with Gasteiger partial charge >= 0.3 is 0 Å². The molecule has 1 amide bonds. The van der Waals surface area contributed by atoms with Crippen molar-refractivity contribution in [1.82, 2.24) is 10.2 Å². The van der Waals surface area contributed by atoms with E-state index in [9.17, 15) is 4.79 Å². The predicted octanol–water partition coefficient (Wildman–Crippen LogP) is 0.217. The Morgan fingerprint density at radius 2 is 2.27 bits per heavy atom. The van der Waals surface area contributed by atoms with Gasteiger partial charge in [-0.15, -0.1) is 0 Å². The maximum Gasteiger partial charge on any atom is 0.236 e. The third kappa shape index (κ3) is 1.53. The zero-order valence-corrected chi connectivity index (χ0v) is 7.48. The van der Waals surface area contributed by atoms with Crippen LogP contribution in [0.5, 0.6) is 0 Å². The Balaban J connectivity index is 2.43. The molecule has 3 heteroatoms. The lowest BCUT2D eigenvalue weighted by atomic mass is 9.89. The molecule has 0 atom stereocenters. The fourth-order valence-electron chi connectivity index (χ4n) is 1.38. The number of carbonyl (C=O) groups is 1. The van der Waals surface area contributed by atoms with Crippen LogP contribution in [0.1, 0.15) is 20.3 Å². The van der Waals surface area contributed by atoms with Crippen LogP contribution in [-0.4, -0.2) is 36.5 Å². The van der Waals surface area contributed by atoms with Crippen LogP contribution in [0.15, 0.2) is 0 Å². The highest BCUT2D eigenvalue weighted by Gasteiger charge is 2.38. The zero-order chi connectivity index (χ0) is 8.48. The van der Waals surface area contributed by atoms with E-state index in [4.69, 9.17) is 0 Å². The van der Waals surface area contributed by atoms with Gasteiger partial charge in [0.15, 0.2) is 0 Å². The van der Waals surface area contributed by atoms with Gasteiger partial charge in [0.2, 0.25) is 5.91 Å². The molecule has 64 valence electrons. The molecule has 0 radical (unpaired) electrons. The highest BCUT2D eigenvalue weighted by molar-refractivity contribution is 5.79. The lowest BCUT2D eigenvalue weighted by Crippen LogP contribution is -2.59. The number of likely N-dealkylation sites (N-methyl/N-ethyl adjacent to an activating group) is 1. The van der Waals surface area contributed by atoms with Gasteiger partial charge in [-0.05, 0) is 27.3 Å². The maximum atomic E-state index is 11.3. The van der Waals surface area contributed by atoms with Gasteiger partial charge in [0, 0.05) is 12.1 Å². The SMILES string of the molecule is CNCC(=O)N1CCC1(C)C. The standard InChI is InChI=1S/C8H16N2O/c1-8(2)4-5-10(8)7(11)6-9-3/h9H,4-6H2,1-3H3. The van der Waals surface area contributed by atoms with Crippen LogP contribution < -0.4 is 5.32 Å². The summed E-state index contributed by atoms with van der Waals surface area (Å²) < 4.78 is 0. The molecule has 1 heterocycles. The van der Waals surface area contributed by atoms with E-state index < -0.39 is 0 Å². The van der Waals surface area contributed by atoms with Crippen LogP contribution in [0.4, 0.5) is 0 Å². The molecule has 1 saturated heterocycles. The fraction of sp³-hybridized carbons (Fsp3) is 0.875. The van der Waals surface area contributed by atoms with Gasteiger partial charge in [-0.2, -0.15) is 0 Å². The van der Waals surface area contributed by atoms with Gasteiger partial charge in [0.25, 0.3) is 0 Å². The molecule has 0 aromatic rings. The highest BCUT2D eigenvalue weighted by atomic mass is 16.2. The molecule has 3 nitrogen and oxygen atoms in total. The first-order valence-electron chi connectivity index (χ1n) is 4.03. The monoisotopic (exact) mass is 156 g/mol. The van der Waals surface area contributed by atoms with Crippen molar-refractivity contribution in [2.45, 2.75) is 25.8 Å². The van der Waals surface area contributed by atoms with Crippen molar-refractivity contribution in [2.24, 2.45) is 0 Å². The van der Waals surface area contributed by atoms with E-state index in [0.29, 0.717) is 6.54 Å². The number of carbonyl (C=O) groups excluding carboxylic acids is 1. The van der Waals surface area contributed by atoms with Crippen molar-refractivity contribution in [3.63, 3.8) is 0 Å². The van der Waals surface area contributed by atoms with Crippen LogP contribution >= 0.6 is 0 Å². The average molecular weight is 156 g/mol. The maximum absolute atomic E-state index is 11.3. The van der Waals surface area contributed by atoms with E-state index in [-0.39, 0.29) is 11.4 Å². The van der Waals surface area contributed by atoms with Crippen LogP contribution in [0.3, 0.4) is 0 Å². The van der Waals surface area contributed by atoms with Crippen molar-refractivity contribution in [3.05, 3.63) is 0 Å². The molecule has 1 N–H and O–H groups in total. The number of amides is 1. The molecule has 0 spiro atoms. The second-order valence-corrected chi connectivity index (χ2v) is 3.64. The van der Waals surface area contributed by atoms with Crippen molar-refractivity contribution < 1.29 is 4.79 Å². The molecule has 1 aliphatic rings. The summed E-state index contributed by atoms with van der Waals surface area (Å²) in [4.78, 5) is 13.2. The number of nitrogens with one attached hydrogen (secondary N) is 1. The van der Waals surface area contributed by atoms with E-state index in [0.717, 1.165) is 13.0 Å². The Hall–Kier alpha value is -0.570. The minimum atomic E-state index is 0.105. The van der Waals surface area contributed by atoms with Crippen LogP contribution in [0.2, 0.25) is 0 Å². The Kier molecular flexibility index (Phi) is 2.18. The van der Waals surface area contributed by atoms with Gasteiger partial charge < -0.3 is 10.2 Å². The fourth-order valence-corrected chi connectivity index (χ4v) is 1.38. The predicted molar refractivity (Wildman–Crippen MR) is 44.3 cm³/mol. The second-order valence-electron chi connectivity index (χ2n) is 3.64. The Labute approximate surface area is 67.8 Å². The van der Waals surface area contributed by atoms with Gasteiger partial charge in [0.1, 0.15) is 0 Å². The topological polar surface area (TPSA) is 32.3 Å². The van der Waals surface area contributed by atoms with Gasteiger partial charge in [-0.3, -0.25) is 4.79 Å². The minimum absolute atomic E-state index is 0.105. The molecule has 1 rings (SSSR count). The summed E-state index contributed by atoms with van der Waals surface area (Å²) in [5.41, 5.74) is 0.105. The number of hydrogen-bond acceptors (Lipinski definition) is 2. The summed E-state index contributed by atoms with van der Waals surface area (Å²) in [7, 11) is 1.80. The van der Waals surface area contributed by atoms with Crippen molar-refractivity contribution in [2.75, 3.05) is 20.1 Å². The quantitative estimate of drug-likeness (QED) is 0.620. The number of rotatable bonds is 2. The first-order chi connectivity index (χ1) is 5.08. The number of nitrogens with zero attached hydrogens (tertiary/aromatic N) is 1. The summed E-state index contributed by atoms with van der Waals surface area (Å²) in [6, 6.07) is 0. The number of hydrogen-bond donors (Lipinski definition) is 1. The molecule has 0 saturated carbocycles. The van der Waals surface area contributed by atoms with Gasteiger partial charge in [-0.25, -0.2) is 0 Å². The molecule has 11 heavy (non-hydrogen) atoms. The number of likely N-dealkylation sites (tertiary alicyclic amines) is 1. The Morgan fingerprint density at radius 3 is 2.55 bits per heavy atom. The Morgan fingerprint density at radius 1 is 1.64 bits per heavy atom. The van der Waals surface area contributed by atoms with E-state index in [1.54, 1.807) is 7.05 Å². The molecule has 0 aliphatic carbocycles. The normalized spacial score (nSPS) is 21.2. The first-order valence-corrected chi connectivity index (χ1v) is 4.03. The molecule has 0 aromatic carbocycles. The minimum Gasteiger partial charge on any atom is -0.336 e. The third-order valence-electron chi connectivity index (χ3n) is 2.31. The molecule has 0 aromatic heterocycles. The average Bonchev–Trinajstić information content (AvgIpc) is 1.86. The summed E-state index contributed by atoms with van der Waals surface area (Å²) in [5, 5.41) is 2.86. The van der Waals surface area contributed by atoms with E-state index in [1.165, 1.54) is 0 Å². The molecule has 0 unspecified atom stereocenters. The van der Waals surface area contributed by atoms with Crippen LogP contribution in [0, 0.1) is 0 Å². The van der Waals surface area contributed by atoms with Crippen molar-refractivity contribution >= 4 is 5.91 Å². The Bertz CT molecular complexity index is 165. The van der Waals surface area contributed by atoms with Crippen molar-refractivity contribution in [3.8, 4) is 0 Å². The van der Waals surface area contributed by atoms with Gasteiger partial charge in [0.05, 0.1) is 6.54 Å². The van der Waals surface area contributed by atoms with E-state index in [1.807, 2.05) is 4.90 Å². The summed E-state index contributed by atoms with van der Waals surface area (Å²) in [5.74, 6) is 0.212. The molecule has 1 fully saturated rings. The van der Waals surface area contributed by atoms with Crippen LogP contribution in [-0.2, 0) is 4.79 Å². The summed E-state index contributed by atoms with van der Waals surface area (Å²) >= 11 is 0. The van der Waals surface area contributed by atoms with E-state index >= 15 is 0 Å². The smallest absolute Gasteiger partial charge is 0.236 e. The lowest BCUT2D eigenvalue weighted by molar-refractivity contribution is -0.143. The van der Waals surface area contributed by atoms with E-state index in [2.05, 4.69) is 19.2 Å². The zero-order valence-electron chi connectivity index (χ0n) is 7.48. The van der Waals surface area contributed by atoms with Crippen LogP contribution in [0.25, 0.3) is 0 Å². The second kappa shape index (κ2) is 2.81. The summed E-state index contributed by atoms with van der Waals surface area (Å²) in [6.45, 7) is 5.59. The lowest BCUT2D eigenvalue weighted by Gasteiger charge is -2.48. The molecular formula is C8H16N2O. The van der Waals surface area contributed by atoms with Crippen molar-refractivity contribution in [1.29, 1.82) is 0 Å². The summed E-state index contributed by atoms with van der Waals surface area (Å²) in [6.07, 6.45) is 1.13. The highest BCUT2D eigenvalue weighted by Crippen LogP contribution is 2.28. The molecule has 0 bridgehead atoms. The molecular weight excluding hydrogens is 140 g/mol.